The molecule has 86 valence electrons. The molecule has 0 spiro atoms. The second-order valence-corrected chi connectivity index (χ2v) is 4.27. The fourth-order valence-corrected chi connectivity index (χ4v) is 2.51. The van der Waals surface area contributed by atoms with Gasteiger partial charge in [0, 0.05) is 13.0 Å². The molecule has 0 aromatic heterocycles. The summed E-state index contributed by atoms with van der Waals surface area (Å²) in [4.78, 5) is 12.8. The number of carbonyl (C=O) groups is 1. The fraction of sp³-hybridized carbons (Fsp3) is 0.889. The van der Waals surface area contributed by atoms with Crippen molar-refractivity contribution in [3.8, 4) is 0 Å². The third-order valence-electron chi connectivity index (χ3n) is 3.52. The van der Waals surface area contributed by atoms with E-state index in [-0.39, 0.29) is 18.9 Å². The van der Waals surface area contributed by atoms with Crippen LogP contribution in [0.2, 0.25) is 0 Å². The molecule has 4 atom stereocenters. The number of β-amino-alcohol motifs (C(OH)–C–C–N with tert-alkyl or cyclic N) is 1. The summed E-state index contributed by atoms with van der Waals surface area (Å²) in [5, 5.41) is 38.1. The van der Waals surface area contributed by atoms with Gasteiger partial charge < -0.3 is 25.3 Å². The Kier molecular flexibility index (Phi) is 2.46. The van der Waals surface area contributed by atoms with Crippen molar-refractivity contribution in [1.29, 1.82) is 0 Å². The zero-order valence-corrected chi connectivity index (χ0v) is 8.20. The van der Waals surface area contributed by atoms with Crippen molar-refractivity contribution >= 4 is 5.91 Å². The first-order chi connectivity index (χ1) is 7.03. The van der Waals surface area contributed by atoms with Gasteiger partial charge in [-0.15, -0.1) is 0 Å². The van der Waals surface area contributed by atoms with Gasteiger partial charge >= 0.3 is 0 Å². The molecule has 2 aliphatic heterocycles. The highest BCUT2D eigenvalue weighted by molar-refractivity contribution is 5.80. The minimum absolute atomic E-state index is 0.0301. The molecule has 0 radical (unpaired) electrons. The highest BCUT2D eigenvalue weighted by Gasteiger charge is 2.57. The van der Waals surface area contributed by atoms with Crippen molar-refractivity contribution in [1.82, 2.24) is 4.90 Å². The van der Waals surface area contributed by atoms with E-state index in [1.54, 1.807) is 0 Å². The third kappa shape index (κ3) is 1.29. The maximum atomic E-state index is 11.5. The third-order valence-corrected chi connectivity index (χ3v) is 3.52. The lowest BCUT2D eigenvalue weighted by Crippen LogP contribution is -2.69. The molecular weight excluding hydrogens is 202 g/mol. The standard InChI is InChI=1S/C9H15NO5/c11-4-9-2-1-6(13)10(9)3-5(12)7(14)8(9)15/h5,7-8,11-12,14-15H,1-4H2/t5-,7-,8+,9-/m1/s1. The van der Waals surface area contributed by atoms with Crippen molar-refractivity contribution in [2.45, 2.75) is 36.7 Å². The van der Waals surface area contributed by atoms with Crippen LogP contribution in [0.1, 0.15) is 12.8 Å². The van der Waals surface area contributed by atoms with Crippen LogP contribution in [0.5, 0.6) is 0 Å². The van der Waals surface area contributed by atoms with Crippen LogP contribution in [-0.2, 0) is 4.79 Å². The maximum absolute atomic E-state index is 11.5. The summed E-state index contributed by atoms with van der Waals surface area (Å²) >= 11 is 0. The summed E-state index contributed by atoms with van der Waals surface area (Å²) in [6.45, 7) is -0.429. The van der Waals surface area contributed by atoms with Crippen LogP contribution < -0.4 is 0 Å². The van der Waals surface area contributed by atoms with E-state index in [4.69, 9.17) is 0 Å². The summed E-state index contributed by atoms with van der Waals surface area (Å²) in [6, 6.07) is 0. The van der Waals surface area contributed by atoms with Gasteiger partial charge in [-0.1, -0.05) is 0 Å². The van der Waals surface area contributed by atoms with Crippen molar-refractivity contribution < 1.29 is 25.2 Å². The Morgan fingerprint density at radius 1 is 1.40 bits per heavy atom. The molecule has 4 N–H and O–H groups in total. The van der Waals surface area contributed by atoms with E-state index in [1.807, 2.05) is 0 Å². The van der Waals surface area contributed by atoms with Gasteiger partial charge in [0.25, 0.3) is 0 Å². The summed E-state index contributed by atoms with van der Waals surface area (Å²) in [5.74, 6) is -0.200. The lowest BCUT2D eigenvalue weighted by atomic mass is 9.81. The van der Waals surface area contributed by atoms with Gasteiger partial charge in [0.05, 0.1) is 12.1 Å². The molecule has 2 saturated heterocycles. The molecule has 6 heteroatoms. The molecule has 2 aliphatic rings. The molecule has 0 aromatic carbocycles. The number of aliphatic hydroxyl groups excluding tert-OH is 4. The normalized spacial score (nSPS) is 45.7. The van der Waals surface area contributed by atoms with E-state index < -0.39 is 30.5 Å². The van der Waals surface area contributed by atoms with Crippen molar-refractivity contribution in [3.05, 3.63) is 0 Å². The Morgan fingerprint density at radius 2 is 2.07 bits per heavy atom. The smallest absolute Gasteiger partial charge is 0.223 e. The molecule has 0 saturated carbocycles. The SMILES string of the molecule is O=C1CC[C@@]2(CO)[C@@H](O)[C@H](O)[C@H](O)CN12. The Bertz CT molecular complexity index is 284. The van der Waals surface area contributed by atoms with Gasteiger partial charge in [0.1, 0.15) is 18.3 Å². The molecule has 1 amide bonds. The highest BCUT2D eigenvalue weighted by atomic mass is 16.4. The van der Waals surface area contributed by atoms with Crippen LogP contribution in [0, 0.1) is 0 Å². The van der Waals surface area contributed by atoms with E-state index in [0.29, 0.717) is 6.42 Å². The molecule has 2 heterocycles. The average Bonchev–Trinajstić information content (AvgIpc) is 2.55. The molecule has 2 rings (SSSR count). The van der Waals surface area contributed by atoms with Gasteiger partial charge in [-0.2, -0.15) is 0 Å². The van der Waals surface area contributed by atoms with E-state index in [2.05, 4.69) is 0 Å². The van der Waals surface area contributed by atoms with Crippen molar-refractivity contribution in [2.24, 2.45) is 0 Å². The zero-order chi connectivity index (χ0) is 11.2. The van der Waals surface area contributed by atoms with E-state index in [9.17, 15) is 25.2 Å². The minimum Gasteiger partial charge on any atom is -0.394 e. The number of rotatable bonds is 1. The Morgan fingerprint density at radius 3 is 2.67 bits per heavy atom. The first-order valence-corrected chi connectivity index (χ1v) is 4.98. The molecule has 0 bridgehead atoms. The topological polar surface area (TPSA) is 101 Å². The second kappa shape index (κ2) is 3.41. The van der Waals surface area contributed by atoms with Gasteiger partial charge in [-0.05, 0) is 6.42 Å². The quantitative estimate of drug-likeness (QED) is 0.387. The summed E-state index contributed by atoms with van der Waals surface area (Å²) in [5.41, 5.74) is -1.10. The first-order valence-electron chi connectivity index (χ1n) is 4.98. The number of aliphatic hydroxyl groups is 4. The monoisotopic (exact) mass is 217 g/mol. The summed E-state index contributed by atoms with van der Waals surface area (Å²) in [7, 11) is 0. The Labute approximate surface area is 86.7 Å². The minimum atomic E-state index is -1.31. The van der Waals surface area contributed by atoms with Gasteiger partial charge in [0.2, 0.25) is 5.91 Å². The fourth-order valence-electron chi connectivity index (χ4n) is 2.51. The lowest BCUT2D eigenvalue weighted by molar-refractivity contribution is -0.182. The Balaban J connectivity index is 2.34. The number of hydrogen-bond acceptors (Lipinski definition) is 5. The molecule has 6 nitrogen and oxygen atoms in total. The van der Waals surface area contributed by atoms with Crippen molar-refractivity contribution in [3.63, 3.8) is 0 Å². The average molecular weight is 217 g/mol. The van der Waals surface area contributed by atoms with Crippen LogP contribution in [0.4, 0.5) is 0 Å². The number of amides is 1. The summed E-state index contributed by atoms with van der Waals surface area (Å²) in [6.07, 6.45) is -3.21. The van der Waals surface area contributed by atoms with Gasteiger partial charge in [-0.25, -0.2) is 0 Å². The van der Waals surface area contributed by atoms with Crippen LogP contribution >= 0.6 is 0 Å². The number of piperidine rings is 1. The number of hydrogen-bond donors (Lipinski definition) is 4. The molecule has 15 heavy (non-hydrogen) atoms. The number of fused-ring (bicyclic) bond motifs is 1. The first kappa shape index (κ1) is 10.8. The second-order valence-electron chi connectivity index (χ2n) is 4.27. The zero-order valence-electron chi connectivity index (χ0n) is 8.20. The van der Waals surface area contributed by atoms with Crippen LogP contribution in [0.15, 0.2) is 0 Å². The predicted octanol–water partition coefficient (Wildman–Crippen LogP) is -2.56. The largest absolute Gasteiger partial charge is 0.394 e. The van der Waals surface area contributed by atoms with Gasteiger partial charge in [0.15, 0.2) is 0 Å². The molecule has 0 unspecified atom stereocenters. The van der Waals surface area contributed by atoms with E-state index in [0.717, 1.165) is 0 Å². The molecular formula is C9H15NO5. The van der Waals surface area contributed by atoms with Crippen molar-refractivity contribution in [2.75, 3.05) is 13.2 Å². The van der Waals surface area contributed by atoms with Crippen LogP contribution in [0.3, 0.4) is 0 Å². The molecule has 2 fully saturated rings. The number of carbonyl (C=O) groups excluding carboxylic acids is 1. The molecule has 0 aliphatic carbocycles. The van der Waals surface area contributed by atoms with Gasteiger partial charge in [-0.3, -0.25) is 4.79 Å². The number of nitrogens with zero attached hydrogens (tertiary/aromatic N) is 1. The van der Waals surface area contributed by atoms with Crippen LogP contribution in [-0.4, -0.2) is 68.2 Å². The lowest BCUT2D eigenvalue weighted by Gasteiger charge is -2.48. The predicted molar refractivity (Wildman–Crippen MR) is 48.8 cm³/mol. The van der Waals surface area contributed by atoms with E-state index >= 15 is 0 Å². The highest BCUT2D eigenvalue weighted by Crippen LogP contribution is 2.38. The maximum Gasteiger partial charge on any atom is 0.223 e. The summed E-state index contributed by atoms with van der Waals surface area (Å²) < 4.78 is 0. The Hall–Kier alpha value is -0.690. The van der Waals surface area contributed by atoms with E-state index in [1.165, 1.54) is 4.90 Å². The molecule has 0 aromatic rings. The van der Waals surface area contributed by atoms with Crippen LogP contribution in [0.25, 0.3) is 0 Å².